The Morgan fingerprint density at radius 2 is 2.16 bits per heavy atom. The third-order valence-corrected chi connectivity index (χ3v) is 3.59. The van der Waals surface area contributed by atoms with Crippen LogP contribution in [0.5, 0.6) is 0 Å². The first-order valence-corrected chi connectivity index (χ1v) is 7.29. The van der Waals surface area contributed by atoms with Crippen LogP contribution >= 0.6 is 11.6 Å². The molecule has 5 heteroatoms. The number of hydrogen-bond donors (Lipinski definition) is 1. The van der Waals surface area contributed by atoms with Crippen LogP contribution in [0.25, 0.3) is 0 Å². The van der Waals surface area contributed by atoms with Crippen molar-refractivity contribution in [1.29, 1.82) is 0 Å². The van der Waals surface area contributed by atoms with Crippen LogP contribution in [0.1, 0.15) is 43.0 Å². The van der Waals surface area contributed by atoms with Gasteiger partial charge in [0.2, 0.25) is 0 Å². The molecule has 0 aromatic carbocycles. The van der Waals surface area contributed by atoms with E-state index in [0.29, 0.717) is 16.4 Å². The molecule has 19 heavy (non-hydrogen) atoms. The molecule has 0 spiro atoms. The fraction of sp³-hybridized carbons (Fsp3) is 0.571. The van der Waals surface area contributed by atoms with E-state index in [1.165, 1.54) is 6.42 Å². The van der Waals surface area contributed by atoms with Gasteiger partial charge >= 0.3 is 0 Å². The molecule has 0 saturated carbocycles. The van der Waals surface area contributed by atoms with Crippen LogP contribution in [0.15, 0.2) is 12.3 Å². The highest BCUT2D eigenvalue weighted by atomic mass is 35.5. The largest absolute Gasteiger partial charge is 0.370 e. The Balaban J connectivity index is 2.14. The Bertz CT molecular complexity index is 444. The van der Waals surface area contributed by atoms with E-state index in [2.05, 4.69) is 17.2 Å². The number of nitrogens with zero attached hydrogens (tertiary/aromatic N) is 2. The number of rotatable bonds is 4. The summed E-state index contributed by atoms with van der Waals surface area (Å²) in [5.74, 6) is 0.734. The summed E-state index contributed by atoms with van der Waals surface area (Å²) in [6.07, 6.45) is 5.93. The highest BCUT2D eigenvalue weighted by Gasteiger charge is 2.20. The number of amides is 1. The number of piperidine rings is 1. The van der Waals surface area contributed by atoms with E-state index in [1.54, 1.807) is 12.3 Å². The molecular formula is C14H20ClN3O. The van der Waals surface area contributed by atoms with Crippen LogP contribution in [-0.2, 0) is 0 Å². The van der Waals surface area contributed by atoms with Crippen LogP contribution in [0.4, 0.5) is 5.82 Å². The zero-order valence-electron chi connectivity index (χ0n) is 11.3. The summed E-state index contributed by atoms with van der Waals surface area (Å²) in [6.45, 7) is 4.58. The van der Waals surface area contributed by atoms with Crippen LogP contribution < -0.4 is 5.32 Å². The molecule has 2 heterocycles. The Hall–Kier alpha value is -1.29. The van der Waals surface area contributed by atoms with Crippen LogP contribution in [0.2, 0.25) is 5.02 Å². The summed E-state index contributed by atoms with van der Waals surface area (Å²) < 4.78 is 0. The highest BCUT2D eigenvalue weighted by molar-refractivity contribution is 6.33. The maximum absolute atomic E-state index is 12.4. The first kappa shape index (κ1) is 14.1. The van der Waals surface area contributed by atoms with Gasteiger partial charge in [0.05, 0.1) is 10.6 Å². The van der Waals surface area contributed by atoms with Gasteiger partial charge in [-0.1, -0.05) is 18.5 Å². The molecule has 1 saturated heterocycles. The van der Waals surface area contributed by atoms with Crippen molar-refractivity contribution in [3.8, 4) is 0 Å². The van der Waals surface area contributed by atoms with Crippen LogP contribution in [0.3, 0.4) is 0 Å². The van der Waals surface area contributed by atoms with Gasteiger partial charge in [0, 0.05) is 25.8 Å². The lowest BCUT2D eigenvalue weighted by molar-refractivity contribution is 0.0724. The Kier molecular flexibility index (Phi) is 5.02. The van der Waals surface area contributed by atoms with Gasteiger partial charge < -0.3 is 10.2 Å². The van der Waals surface area contributed by atoms with E-state index >= 15 is 0 Å². The molecular weight excluding hydrogens is 262 g/mol. The second kappa shape index (κ2) is 6.75. The molecule has 0 radical (unpaired) electrons. The third-order valence-electron chi connectivity index (χ3n) is 3.29. The maximum atomic E-state index is 12.4. The smallest absolute Gasteiger partial charge is 0.255 e. The average molecular weight is 282 g/mol. The summed E-state index contributed by atoms with van der Waals surface area (Å²) in [5.41, 5.74) is 0.553. The van der Waals surface area contributed by atoms with Gasteiger partial charge in [0.15, 0.2) is 0 Å². The molecule has 0 bridgehead atoms. The molecule has 1 fully saturated rings. The van der Waals surface area contributed by atoms with Gasteiger partial charge in [-0.2, -0.15) is 0 Å². The third kappa shape index (κ3) is 3.60. The number of halogens is 1. The summed E-state index contributed by atoms with van der Waals surface area (Å²) in [5, 5.41) is 3.61. The van der Waals surface area contributed by atoms with E-state index in [1.807, 2.05) is 4.90 Å². The first-order chi connectivity index (χ1) is 9.22. The molecule has 2 rings (SSSR count). The monoisotopic (exact) mass is 281 g/mol. The van der Waals surface area contributed by atoms with Gasteiger partial charge in [-0.25, -0.2) is 4.98 Å². The molecule has 0 atom stereocenters. The summed E-state index contributed by atoms with van der Waals surface area (Å²) in [4.78, 5) is 18.5. The second-order valence-corrected chi connectivity index (χ2v) is 5.24. The van der Waals surface area contributed by atoms with Crippen molar-refractivity contribution in [2.45, 2.75) is 32.6 Å². The van der Waals surface area contributed by atoms with Crippen molar-refractivity contribution in [2.24, 2.45) is 0 Å². The van der Waals surface area contributed by atoms with Crippen molar-refractivity contribution in [3.63, 3.8) is 0 Å². The molecule has 104 valence electrons. The van der Waals surface area contributed by atoms with Crippen molar-refractivity contribution in [1.82, 2.24) is 9.88 Å². The lowest BCUT2D eigenvalue weighted by Gasteiger charge is -2.27. The Morgan fingerprint density at radius 1 is 1.42 bits per heavy atom. The minimum atomic E-state index is 0.0200. The van der Waals surface area contributed by atoms with Gasteiger partial charge in [-0.15, -0.1) is 0 Å². The molecule has 4 nitrogen and oxygen atoms in total. The molecule has 1 N–H and O–H groups in total. The molecule has 1 aromatic rings. The predicted octanol–water partition coefficient (Wildman–Crippen LogP) is 3.18. The predicted molar refractivity (Wildman–Crippen MR) is 77.8 cm³/mol. The minimum absolute atomic E-state index is 0.0200. The SMILES string of the molecule is CCCNc1cc(C(=O)N2CCCCC2)c(Cl)cn1. The number of carbonyl (C=O) groups is 1. The standard InChI is InChI=1S/C14H20ClN3O/c1-2-6-16-13-9-11(12(15)10-17-13)14(19)18-7-4-3-5-8-18/h9-10H,2-8H2,1H3,(H,16,17). The lowest BCUT2D eigenvalue weighted by Crippen LogP contribution is -2.35. The van der Waals surface area contributed by atoms with Gasteiger partial charge in [0.25, 0.3) is 5.91 Å². The van der Waals surface area contributed by atoms with Crippen LogP contribution in [0, 0.1) is 0 Å². The molecule has 0 aliphatic carbocycles. The van der Waals surface area contributed by atoms with E-state index in [-0.39, 0.29) is 5.91 Å². The fourth-order valence-corrected chi connectivity index (χ4v) is 2.40. The van der Waals surface area contributed by atoms with Crippen LogP contribution in [-0.4, -0.2) is 35.4 Å². The second-order valence-electron chi connectivity index (χ2n) is 4.83. The van der Waals surface area contributed by atoms with E-state index in [9.17, 15) is 4.79 Å². The Morgan fingerprint density at radius 3 is 2.84 bits per heavy atom. The molecule has 1 aromatic heterocycles. The number of aromatic nitrogens is 1. The number of carbonyl (C=O) groups excluding carboxylic acids is 1. The van der Waals surface area contributed by atoms with E-state index in [4.69, 9.17) is 11.6 Å². The van der Waals surface area contributed by atoms with E-state index in [0.717, 1.165) is 38.9 Å². The molecule has 0 unspecified atom stereocenters. The van der Waals surface area contributed by atoms with Gasteiger partial charge in [-0.05, 0) is 31.7 Å². The van der Waals surface area contributed by atoms with Gasteiger partial charge in [-0.3, -0.25) is 4.79 Å². The summed E-state index contributed by atoms with van der Waals surface area (Å²) >= 11 is 6.11. The van der Waals surface area contributed by atoms with Crippen molar-refractivity contribution in [2.75, 3.05) is 25.0 Å². The molecule has 1 aliphatic heterocycles. The zero-order chi connectivity index (χ0) is 13.7. The normalized spacial score (nSPS) is 15.4. The number of anilines is 1. The zero-order valence-corrected chi connectivity index (χ0v) is 12.0. The first-order valence-electron chi connectivity index (χ1n) is 6.91. The number of likely N-dealkylation sites (tertiary alicyclic amines) is 1. The molecule has 1 amide bonds. The average Bonchev–Trinajstić information content (AvgIpc) is 2.46. The fourth-order valence-electron chi connectivity index (χ4n) is 2.22. The number of pyridine rings is 1. The number of nitrogens with one attached hydrogen (secondary N) is 1. The Labute approximate surface area is 119 Å². The van der Waals surface area contributed by atoms with Gasteiger partial charge in [0.1, 0.15) is 5.82 Å². The number of hydrogen-bond acceptors (Lipinski definition) is 3. The van der Waals surface area contributed by atoms with Crippen molar-refractivity contribution >= 4 is 23.3 Å². The quantitative estimate of drug-likeness (QED) is 0.922. The van der Waals surface area contributed by atoms with E-state index < -0.39 is 0 Å². The summed E-state index contributed by atoms with van der Waals surface area (Å²) in [7, 11) is 0. The summed E-state index contributed by atoms with van der Waals surface area (Å²) in [6, 6.07) is 1.76. The highest BCUT2D eigenvalue weighted by Crippen LogP contribution is 2.21. The molecule has 1 aliphatic rings. The topological polar surface area (TPSA) is 45.2 Å². The lowest BCUT2D eigenvalue weighted by atomic mass is 10.1. The minimum Gasteiger partial charge on any atom is -0.370 e. The maximum Gasteiger partial charge on any atom is 0.255 e. The van der Waals surface area contributed by atoms with Crippen molar-refractivity contribution in [3.05, 3.63) is 22.8 Å². The van der Waals surface area contributed by atoms with Crippen molar-refractivity contribution < 1.29 is 4.79 Å².